The first-order valence-corrected chi connectivity index (χ1v) is 12.3. The molecule has 0 saturated carbocycles. The lowest BCUT2D eigenvalue weighted by molar-refractivity contribution is -0.139. The number of carbonyl (C=O) groups excluding carboxylic acids is 1. The molecule has 2 N–H and O–H groups in total. The Morgan fingerprint density at radius 1 is 0.941 bits per heavy atom. The summed E-state index contributed by atoms with van der Waals surface area (Å²) in [4.78, 5) is 24.6. The Morgan fingerprint density at radius 3 is 2.09 bits per heavy atom. The molecule has 1 amide bonds. The highest BCUT2D eigenvalue weighted by Gasteiger charge is 2.24. The lowest BCUT2D eigenvalue weighted by Crippen LogP contribution is -2.42. The van der Waals surface area contributed by atoms with Crippen molar-refractivity contribution in [3.63, 3.8) is 0 Å². The fraction of sp³-hybridized carbons (Fsp3) is 0.167. The molecule has 178 valence electrons. The number of aliphatic carboxylic acids is 1. The fourth-order valence-corrected chi connectivity index (χ4v) is 5.00. The number of carbonyl (C=O) groups is 2. The number of nitrogens with one attached hydrogen (secondary N) is 1. The summed E-state index contributed by atoms with van der Waals surface area (Å²) < 4.78 is 26.5. The minimum absolute atomic E-state index is 0.00106. The Kier molecular flexibility index (Phi) is 7.99. The van der Waals surface area contributed by atoms with Crippen LogP contribution in [0.3, 0.4) is 0 Å². The molecule has 0 aliphatic carbocycles. The zero-order chi connectivity index (χ0) is 25.0. The van der Waals surface area contributed by atoms with E-state index < -0.39 is 27.9 Å². The average molecular weight is 521 g/mol. The van der Waals surface area contributed by atoms with Crippen molar-refractivity contribution < 1.29 is 23.1 Å². The summed E-state index contributed by atoms with van der Waals surface area (Å²) in [5.41, 5.74) is 1.82. The molecular weight excluding hydrogens is 499 g/mol. The largest absolute Gasteiger partial charge is 0.480 e. The van der Waals surface area contributed by atoms with E-state index in [1.165, 1.54) is 32.3 Å². The maximum Gasteiger partial charge on any atom is 0.326 e. The predicted octanol–water partition coefficient (Wildman–Crippen LogP) is 4.34. The minimum atomic E-state index is -3.66. The van der Waals surface area contributed by atoms with E-state index in [0.717, 1.165) is 4.31 Å². The lowest BCUT2D eigenvalue weighted by atomic mass is 10.0. The maximum atomic E-state index is 12.7. The van der Waals surface area contributed by atoms with Gasteiger partial charge in [-0.1, -0.05) is 71.7 Å². The van der Waals surface area contributed by atoms with E-state index in [9.17, 15) is 23.1 Å². The van der Waals surface area contributed by atoms with Gasteiger partial charge < -0.3 is 10.4 Å². The third-order valence-corrected chi connectivity index (χ3v) is 7.65. The maximum absolute atomic E-state index is 12.7. The first kappa shape index (κ1) is 25.7. The summed E-state index contributed by atoms with van der Waals surface area (Å²) >= 11 is 12.1. The van der Waals surface area contributed by atoms with Gasteiger partial charge in [-0.25, -0.2) is 17.5 Å². The third kappa shape index (κ3) is 5.59. The normalized spacial score (nSPS) is 12.4. The molecule has 10 heteroatoms. The van der Waals surface area contributed by atoms with Crippen molar-refractivity contribution in [3.8, 4) is 11.1 Å². The van der Waals surface area contributed by atoms with Gasteiger partial charge in [0.1, 0.15) is 6.04 Å². The van der Waals surface area contributed by atoms with Crippen molar-refractivity contribution in [3.05, 3.63) is 87.9 Å². The number of rotatable bonds is 8. The second-order valence-electron chi connectivity index (χ2n) is 7.65. The Labute approximate surface area is 208 Å². The van der Waals surface area contributed by atoms with E-state index >= 15 is 0 Å². The van der Waals surface area contributed by atoms with Gasteiger partial charge in [0.05, 0.1) is 20.5 Å². The molecule has 0 aliphatic rings. The van der Waals surface area contributed by atoms with E-state index in [2.05, 4.69) is 5.32 Å². The summed E-state index contributed by atoms with van der Waals surface area (Å²) in [6.07, 6.45) is 0.00106. The number of carboxylic acid groups (broad SMARTS) is 1. The van der Waals surface area contributed by atoms with Crippen LogP contribution in [0.1, 0.15) is 15.9 Å². The van der Waals surface area contributed by atoms with Crippen LogP contribution >= 0.6 is 23.2 Å². The highest BCUT2D eigenvalue weighted by atomic mass is 35.5. The number of nitrogens with zero attached hydrogens (tertiary/aromatic N) is 1. The topological polar surface area (TPSA) is 104 Å². The van der Waals surface area contributed by atoms with Crippen molar-refractivity contribution in [2.24, 2.45) is 0 Å². The molecule has 0 aromatic heterocycles. The smallest absolute Gasteiger partial charge is 0.326 e. The van der Waals surface area contributed by atoms with Crippen molar-refractivity contribution in [1.29, 1.82) is 0 Å². The van der Waals surface area contributed by atoms with Gasteiger partial charge in [0.15, 0.2) is 0 Å². The molecule has 0 bridgehead atoms. The van der Waals surface area contributed by atoms with Gasteiger partial charge >= 0.3 is 5.97 Å². The molecule has 0 heterocycles. The fourth-order valence-electron chi connectivity index (χ4n) is 3.33. The zero-order valence-electron chi connectivity index (χ0n) is 18.3. The summed E-state index contributed by atoms with van der Waals surface area (Å²) in [6.45, 7) is 0. The molecule has 3 aromatic rings. The van der Waals surface area contributed by atoms with Gasteiger partial charge in [-0.05, 0) is 29.3 Å². The van der Waals surface area contributed by atoms with Crippen LogP contribution < -0.4 is 5.32 Å². The molecule has 0 spiro atoms. The van der Waals surface area contributed by atoms with E-state index in [0.29, 0.717) is 16.7 Å². The summed E-state index contributed by atoms with van der Waals surface area (Å²) in [7, 11) is -0.729. The summed E-state index contributed by atoms with van der Waals surface area (Å²) in [6, 6.07) is 16.8. The molecule has 0 fully saturated rings. The van der Waals surface area contributed by atoms with Gasteiger partial charge in [0, 0.05) is 26.1 Å². The number of halogens is 2. The Bertz CT molecular complexity index is 1310. The number of hydrogen-bond donors (Lipinski definition) is 2. The molecule has 3 rings (SSSR count). The van der Waals surface area contributed by atoms with Crippen LogP contribution in [0, 0.1) is 0 Å². The van der Waals surface area contributed by atoms with Crippen LogP contribution in [-0.2, 0) is 21.2 Å². The molecule has 0 saturated heterocycles. The number of hydrogen-bond acceptors (Lipinski definition) is 4. The highest BCUT2D eigenvalue weighted by Crippen LogP contribution is 2.29. The molecular formula is C24H22Cl2N2O5S. The van der Waals surface area contributed by atoms with Gasteiger partial charge in [-0.2, -0.15) is 0 Å². The number of amides is 1. The standard InChI is InChI=1S/C24H22Cl2N2O5S/c1-28(2)34(32,33)21-9-4-3-6-17(21)16-12-10-15(11-13-16)14-20(24(30)31)27-23(29)22-18(25)7-5-8-19(22)26/h3-13,20H,14H2,1-2H3,(H,27,29)(H,30,31)/t20-/m0/s1. The van der Waals surface area contributed by atoms with Crippen LogP contribution in [-0.4, -0.2) is 49.8 Å². The van der Waals surface area contributed by atoms with Crippen LogP contribution in [0.15, 0.2) is 71.6 Å². The van der Waals surface area contributed by atoms with Gasteiger partial charge in [-0.15, -0.1) is 0 Å². The molecule has 34 heavy (non-hydrogen) atoms. The molecule has 0 aliphatic heterocycles. The molecule has 3 aromatic carbocycles. The van der Waals surface area contributed by atoms with E-state index in [-0.39, 0.29) is 26.9 Å². The second kappa shape index (κ2) is 10.6. The van der Waals surface area contributed by atoms with Crippen LogP contribution in [0.25, 0.3) is 11.1 Å². The lowest BCUT2D eigenvalue weighted by Gasteiger charge is -2.17. The van der Waals surface area contributed by atoms with E-state index in [1.54, 1.807) is 48.5 Å². The monoisotopic (exact) mass is 520 g/mol. The van der Waals surface area contributed by atoms with E-state index in [1.807, 2.05) is 0 Å². The van der Waals surface area contributed by atoms with Crippen molar-refractivity contribution in [1.82, 2.24) is 9.62 Å². The van der Waals surface area contributed by atoms with Gasteiger partial charge in [-0.3, -0.25) is 4.79 Å². The van der Waals surface area contributed by atoms with Crippen LogP contribution in [0.4, 0.5) is 0 Å². The van der Waals surface area contributed by atoms with Crippen molar-refractivity contribution in [2.45, 2.75) is 17.4 Å². The summed E-state index contributed by atoms with van der Waals surface area (Å²) in [5, 5.41) is 12.3. The second-order valence-corrected chi connectivity index (χ2v) is 10.6. The highest BCUT2D eigenvalue weighted by molar-refractivity contribution is 7.89. The van der Waals surface area contributed by atoms with E-state index in [4.69, 9.17) is 23.2 Å². The number of carboxylic acids is 1. The Hall–Kier alpha value is -2.91. The average Bonchev–Trinajstić information content (AvgIpc) is 2.79. The first-order valence-electron chi connectivity index (χ1n) is 10.1. The molecule has 7 nitrogen and oxygen atoms in total. The quantitative estimate of drug-likeness (QED) is 0.459. The minimum Gasteiger partial charge on any atom is -0.480 e. The zero-order valence-corrected chi connectivity index (χ0v) is 20.7. The Morgan fingerprint density at radius 2 is 1.53 bits per heavy atom. The Balaban J connectivity index is 1.84. The number of sulfonamides is 1. The molecule has 1 atom stereocenters. The first-order chi connectivity index (χ1) is 16.0. The van der Waals surface area contributed by atoms with Crippen molar-refractivity contribution >= 4 is 45.1 Å². The predicted molar refractivity (Wildman–Crippen MR) is 132 cm³/mol. The molecule has 0 unspecified atom stereocenters. The van der Waals surface area contributed by atoms with Crippen LogP contribution in [0.2, 0.25) is 10.0 Å². The SMILES string of the molecule is CN(C)S(=O)(=O)c1ccccc1-c1ccc(C[C@H](NC(=O)c2c(Cl)cccc2Cl)C(=O)O)cc1. The van der Waals surface area contributed by atoms with Gasteiger partial charge in [0.25, 0.3) is 5.91 Å². The molecule has 0 radical (unpaired) electrons. The van der Waals surface area contributed by atoms with Gasteiger partial charge in [0.2, 0.25) is 10.0 Å². The number of benzene rings is 3. The van der Waals surface area contributed by atoms with Crippen molar-refractivity contribution in [2.75, 3.05) is 14.1 Å². The third-order valence-electron chi connectivity index (χ3n) is 5.14. The summed E-state index contributed by atoms with van der Waals surface area (Å²) in [5.74, 6) is -1.91. The van der Waals surface area contributed by atoms with Crippen LogP contribution in [0.5, 0.6) is 0 Å².